The summed E-state index contributed by atoms with van der Waals surface area (Å²) in [6, 6.07) is 8.13. The molecule has 3 rings (SSSR count). The maximum atomic E-state index is 5.14. The number of fused-ring (bicyclic) bond motifs is 1. The van der Waals surface area contributed by atoms with Crippen LogP contribution in [-0.4, -0.2) is 26.9 Å². The first kappa shape index (κ1) is 14.0. The molecule has 0 spiro atoms. The lowest BCUT2D eigenvalue weighted by molar-refractivity contribution is 0.636. The summed E-state index contributed by atoms with van der Waals surface area (Å²) in [6.45, 7) is 1.00. The van der Waals surface area contributed by atoms with Gasteiger partial charge in [0.15, 0.2) is 10.9 Å². The Bertz CT molecular complexity index is 649. The molecular formula is C15H19N5S. The average Bonchev–Trinajstić information content (AvgIpc) is 2.76. The lowest BCUT2D eigenvalue weighted by Crippen LogP contribution is -2.24. The van der Waals surface area contributed by atoms with Crippen molar-refractivity contribution in [1.29, 1.82) is 0 Å². The van der Waals surface area contributed by atoms with Crippen LogP contribution in [0.4, 0.5) is 5.69 Å². The van der Waals surface area contributed by atoms with Crippen LogP contribution in [0.2, 0.25) is 0 Å². The highest BCUT2D eigenvalue weighted by molar-refractivity contribution is 7.80. The van der Waals surface area contributed by atoms with Crippen molar-refractivity contribution in [3.8, 4) is 11.4 Å². The molecular weight excluding hydrogens is 282 g/mol. The summed E-state index contributed by atoms with van der Waals surface area (Å²) in [6.07, 6.45) is 4.69. The molecule has 0 saturated heterocycles. The highest BCUT2D eigenvalue weighted by atomic mass is 32.1. The van der Waals surface area contributed by atoms with Gasteiger partial charge in [-0.2, -0.15) is 0 Å². The maximum Gasteiger partial charge on any atom is 0.170 e. The van der Waals surface area contributed by atoms with E-state index >= 15 is 0 Å². The Balaban J connectivity index is 1.92. The number of anilines is 1. The van der Waals surface area contributed by atoms with Gasteiger partial charge in [0, 0.05) is 31.3 Å². The van der Waals surface area contributed by atoms with Crippen LogP contribution in [0.25, 0.3) is 11.4 Å². The lowest BCUT2D eigenvalue weighted by Gasteiger charge is -2.10. The predicted octanol–water partition coefficient (Wildman–Crippen LogP) is 2.59. The lowest BCUT2D eigenvalue weighted by atomic mass is 10.2. The van der Waals surface area contributed by atoms with E-state index in [1.54, 1.807) is 7.05 Å². The molecule has 0 aliphatic carbocycles. The average molecular weight is 301 g/mol. The topological polar surface area (TPSA) is 54.8 Å². The van der Waals surface area contributed by atoms with Gasteiger partial charge in [0.2, 0.25) is 0 Å². The summed E-state index contributed by atoms with van der Waals surface area (Å²) in [5.74, 6) is 2.05. The second-order valence-corrected chi connectivity index (χ2v) is 5.60. The third-order valence-electron chi connectivity index (χ3n) is 3.72. The van der Waals surface area contributed by atoms with Crippen molar-refractivity contribution >= 4 is 23.0 Å². The molecule has 2 heterocycles. The molecule has 1 aliphatic heterocycles. The predicted molar refractivity (Wildman–Crippen MR) is 88.3 cm³/mol. The summed E-state index contributed by atoms with van der Waals surface area (Å²) in [4.78, 5) is 0. The molecule has 0 amide bonds. The van der Waals surface area contributed by atoms with Gasteiger partial charge in [-0.25, -0.2) is 0 Å². The standard InChI is InChI=1S/C15H19N5S/c1-16-15(21)17-12-7-5-6-11(10-12)14-19-18-13-8-3-2-4-9-20(13)14/h5-7,10H,2-4,8-9H2,1H3,(H2,16,17,21). The zero-order chi connectivity index (χ0) is 14.7. The fourth-order valence-corrected chi connectivity index (χ4v) is 2.75. The minimum Gasteiger partial charge on any atom is -0.366 e. The molecule has 0 radical (unpaired) electrons. The molecule has 110 valence electrons. The Morgan fingerprint density at radius 3 is 3.00 bits per heavy atom. The van der Waals surface area contributed by atoms with Gasteiger partial charge in [-0.1, -0.05) is 18.6 Å². The number of thiocarbonyl (C=S) groups is 1. The van der Waals surface area contributed by atoms with E-state index in [1.165, 1.54) is 19.3 Å². The van der Waals surface area contributed by atoms with Gasteiger partial charge in [0.05, 0.1) is 0 Å². The fraction of sp³-hybridized carbons (Fsp3) is 0.400. The van der Waals surface area contributed by atoms with E-state index in [-0.39, 0.29) is 0 Å². The monoisotopic (exact) mass is 301 g/mol. The van der Waals surface area contributed by atoms with Gasteiger partial charge in [-0.3, -0.25) is 0 Å². The summed E-state index contributed by atoms with van der Waals surface area (Å²) < 4.78 is 2.25. The van der Waals surface area contributed by atoms with Crippen molar-refractivity contribution in [1.82, 2.24) is 20.1 Å². The molecule has 2 aromatic rings. The first-order valence-corrected chi connectivity index (χ1v) is 7.70. The zero-order valence-corrected chi connectivity index (χ0v) is 12.9. The van der Waals surface area contributed by atoms with Gasteiger partial charge < -0.3 is 15.2 Å². The molecule has 2 N–H and O–H groups in total. The summed E-state index contributed by atoms with van der Waals surface area (Å²) in [5.41, 5.74) is 2.03. The molecule has 0 atom stereocenters. The molecule has 1 aromatic heterocycles. The van der Waals surface area contributed by atoms with Gasteiger partial charge in [0.1, 0.15) is 5.82 Å². The SMILES string of the molecule is CNC(=S)Nc1cccc(-c2nnc3n2CCCCC3)c1. The Morgan fingerprint density at radius 1 is 1.24 bits per heavy atom. The zero-order valence-electron chi connectivity index (χ0n) is 12.1. The Kier molecular flexibility index (Phi) is 4.15. The van der Waals surface area contributed by atoms with E-state index in [4.69, 9.17) is 12.2 Å². The third kappa shape index (κ3) is 3.05. The largest absolute Gasteiger partial charge is 0.366 e. The number of aromatic nitrogens is 3. The number of rotatable bonds is 2. The minimum atomic E-state index is 0.604. The van der Waals surface area contributed by atoms with Crippen LogP contribution in [0.15, 0.2) is 24.3 Å². The Labute approximate surface area is 129 Å². The maximum absolute atomic E-state index is 5.14. The number of nitrogens with zero attached hydrogens (tertiary/aromatic N) is 3. The van der Waals surface area contributed by atoms with Crippen molar-refractivity contribution in [3.05, 3.63) is 30.1 Å². The van der Waals surface area contributed by atoms with Crippen LogP contribution in [-0.2, 0) is 13.0 Å². The van der Waals surface area contributed by atoms with Crippen molar-refractivity contribution < 1.29 is 0 Å². The third-order valence-corrected chi connectivity index (χ3v) is 4.02. The molecule has 0 unspecified atom stereocenters. The molecule has 5 nitrogen and oxygen atoms in total. The van der Waals surface area contributed by atoms with Crippen LogP contribution in [0.1, 0.15) is 25.1 Å². The summed E-state index contributed by atoms with van der Waals surface area (Å²) in [5, 5.41) is 15.4. The van der Waals surface area contributed by atoms with Crippen LogP contribution in [0, 0.1) is 0 Å². The van der Waals surface area contributed by atoms with Crippen molar-refractivity contribution in [2.24, 2.45) is 0 Å². The number of aryl methyl sites for hydroxylation is 1. The van der Waals surface area contributed by atoms with E-state index in [9.17, 15) is 0 Å². The molecule has 0 saturated carbocycles. The second-order valence-electron chi connectivity index (χ2n) is 5.19. The fourth-order valence-electron chi connectivity index (χ4n) is 2.63. The van der Waals surface area contributed by atoms with Gasteiger partial charge in [0.25, 0.3) is 0 Å². The number of nitrogens with one attached hydrogen (secondary N) is 2. The molecule has 0 fully saturated rings. The van der Waals surface area contributed by atoms with Gasteiger partial charge >= 0.3 is 0 Å². The molecule has 1 aliphatic rings. The van der Waals surface area contributed by atoms with Crippen molar-refractivity contribution in [2.45, 2.75) is 32.2 Å². The molecule has 0 bridgehead atoms. The Hall–Kier alpha value is -1.95. The molecule has 6 heteroatoms. The Morgan fingerprint density at radius 2 is 2.14 bits per heavy atom. The summed E-state index contributed by atoms with van der Waals surface area (Å²) in [7, 11) is 1.80. The normalized spacial score (nSPS) is 14.1. The highest BCUT2D eigenvalue weighted by Crippen LogP contribution is 2.24. The quantitative estimate of drug-likeness (QED) is 0.835. The second kappa shape index (κ2) is 6.22. The van der Waals surface area contributed by atoms with Crippen LogP contribution >= 0.6 is 12.2 Å². The van der Waals surface area contributed by atoms with E-state index in [0.717, 1.165) is 35.9 Å². The van der Waals surface area contributed by atoms with Gasteiger partial charge in [-0.05, 0) is 37.2 Å². The highest BCUT2D eigenvalue weighted by Gasteiger charge is 2.16. The van der Waals surface area contributed by atoms with Crippen LogP contribution < -0.4 is 10.6 Å². The van der Waals surface area contributed by atoms with E-state index in [0.29, 0.717) is 5.11 Å². The first-order chi connectivity index (χ1) is 10.3. The molecule has 21 heavy (non-hydrogen) atoms. The van der Waals surface area contributed by atoms with Crippen molar-refractivity contribution in [3.63, 3.8) is 0 Å². The molecule has 1 aromatic carbocycles. The number of benzene rings is 1. The first-order valence-electron chi connectivity index (χ1n) is 7.29. The smallest absolute Gasteiger partial charge is 0.170 e. The van der Waals surface area contributed by atoms with E-state index in [1.807, 2.05) is 12.1 Å². The minimum absolute atomic E-state index is 0.604. The van der Waals surface area contributed by atoms with E-state index < -0.39 is 0 Å². The van der Waals surface area contributed by atoms with Crippen molar-refractivity contribution in [2.75, 3.05) is 12.4 Å². The summed E-state index contributed by atoms with van der Waals surface area (Å²) >= 11 is 5.14. The van der Waals surface area contributed by atoms with Gasteiger partial charge in [-0.15, -0.1) is 10.2 Å². The van der Waals surface area contributed by atoms with E-state index in [2.05, 4.69) is 37.5 Å². The number of hydrogen-bond donors (Lipinski definition) is 2. The van der Waals surface area contributed by atoms with Crippen LogP contribution in [0.5, 0.6) is 0 Å². The number of hydrogen-bond acceptors (Lipinski definition) is 3. The van der Waals surface area contributed by atoms with Crippen LogP contribution in [0.3, 0.4) is 0 Å².